The van der Waals surface area contributed by atoms with Gasteiger partial charge in [-0.3, -0.25) is 0 Å². The molecule has 0 aliphatic rings. The molecule has 3 aromatic rings. The van der Waals surface area contributed by atoms with Crippen LogP contribution in [0.1, 0.15) is 48.8 Å². The van der Waals surface area contributed by atoms with E-state index in [1.165, 1.54) is 16.3 Å². The molecule has 2 aromatic carbocycles. The topological polar surface area (TPSA) is 64.3 Å². The van der Waals surface area contributed by atoms with Gasteiger partial charge in [0.1, 0.15) is 0 Å². The summed E-state index contributed by atoms with van der Waals surface area (Å²) in [6.45, 7) is 3.85. The summed E-state index contributed by atoms with van der Waals surface area (Å²) in [5.74, 6) is -0.434. The second kappa shape index (κ2) is 8.82. The van der Waals surface area contributed by atoms with E-state index >= 15 is 0 Å². The zero-order chi connectivity index (χ0) is 19.2. The molecule has 0 saturated heterocycles. The Morgan fingerprint density at radius 1 is 1.22 bits per heavy atom. The maximum absolute atomic E-state index is 11.8. The molecule has 0 bridgehead atoms. The third-order valence-electron chi connectivity index (χ3n) is 4.81. The summed E-state index contributed by atoms with van der Waals surface area (Å²) in [5.41, 5.74) is 1.56. The van der Waals surface area contributed by atoms with Crippen molar-refractivity contribution in [2.24, 2.45) is 0 Å². The minimum atomic E-state index is -0.536. The van der Waals surface area contributed by atoms with Gasteiger partial charge in [-0.15, -0.1) is 0 Å². The molecule has 1 aromatic heterocycles. The second-order valence-corrected chi connectivity index (χ2v) is 6.81. The average Bonchev–Trinajstić information content (AvgIpc) is 3.15. The lowest BCUT2D eigenvalue weighted by molar-refractivity contribution is 0.0519. The van der Waals surface area contributed by atoms with Gasteiger partial charge in [0.15, 0.2) is 5.69 Å². The van der Waals surface area contributed by atoms with Gasteiger partial charge in [-0.05, 0) is 49.4 Å². The van der Waals surface area contributed by atoms with Crippen LogP contribution in [-0.4, -0.2) is 33.3 Å². The fraction of sp³-hybridized carbons (Fsp3) is 0.364. The molecule has 0 unspecified atom stereocenters. The summed E-state index contributed by atoms with van der Waals surface area (Å²) in [4.78, 5) is 15.9. The third-order valence-corrected chi connectivity index (χ3v) is 4.81. The quantitative estimate of drug-likeness (QED) is 0.608. The highest BCUT2D eigenvalue weighted by Crippen LogP contribution is 2.22. The van der Waals surface area contributed by atoms with Crippen molar-refractivity contribution in [2.45, 2.75) is 45.3 Å². The first-order valence-electron chi connectivity index (χ1n) is 9.45. The molecule has 0 fully saturated rings. The molecule has 2 atom stereocenters. The van der Waals surface area contributed by atoms with Crippen molar-refractivity contribution in [1.82, 2.24) is 9.55 Å². The maximum atomic E-state index is 11.8. The minimum absolute atomic E-state index is 0.124. The summed E-state index contributed by atoms with van der Waals surface area (Å²) in [7, 11) is 0. The normalized spacial score (nSPS) is 13.4. The molecule has 1 heterocycles. The van der Waals surface area contributed by atoms with Crippen LogP contribution in [0.5, 0.6) is 0 Å². The van der Waals surface area contributed by atoms with Gasteiger partial charge in [0.05, 0.1) is 25.1 Å². The lowest BCUT2D eigenvalue weighted by Gasteiger charge is -2.21. The van der Waals surface area contributed by atoms with E-state index in [9.17, 15) is 9.90 Å². The highest BCUT2D eigenvalue weighted by Gasteiger charge is 2.19. The molecular weight excluding hydrogens is 340 g/mol. The maximum Gasteiger partial charge on any atom is 0.358 e. The lowest BCUT2D eigenvalue weighted by atomic mass is 9.99. The van der Waals surface area contributed by atoms with E-state index in [4.69, 9.17) is 4.74 Å². The molecule has 27 heavy (non-hydrogen) atoms. The molecule has 1 N–H and O–H groups in total. The zero-order valence-corrected chi connectivity index (χ0v) is 15.8. The predicted octanol–water partition coefficient (Wildman–Crippen LogP) is 4.16. The molecule has 0 aliphatic carbocycles. The Bertz CT molecular complexity index is 901. The highest BCUT2D eigenvalue weighted by atomic mass is 16.5. The molecule has 5 nitrogen and oxygen atoms in total. The molecule has 5 heteroatoms. The van der Waals surface area contributed by atoms with E-state index in [1.807, 2.05) is 10.6 Å². The Hall–Kier alpha value is -2.66. The van der Waals surface area contributed by atoms with Crippen LogP contribution < -0.4 is 0 Å². The van der Waals surface area contributed by atoms with Crippen LogP contribution in [0.25, 0.3) is 10.8 Å². The number of nitrogens with zero attached hydrogens (tertiary/aromatic N) is 2. The Labute approximate surface area is 159 Å². The van der Waals surface area contributed by atoms with Crippen molar-refractivity contribution in [3.05, 3.63) is 66.2 Å². The molecular formula is C22H26N2O3. The third kappa shape index (κ3) is 4.74. The Kier molecular flexibility index (Phi) is 6.24. The van der Waals surface area contributed by atoms with E-state index in [2.05, 4.69) is 41.4 Å². The first kappa shape index (κ1) is 19.1. The number of aromatic nitrogens is 2. The number of carbonyl (C=O) groups excluding carboxylic acids is 1. The van der Waals surface area contributed by atoms with Gasteiger partial charge in [0.2, 0.25) is 0 Å². The van der Waals surface area contributed by atoms with Gasteiger partial charge >= 0.3 is 5.97 Å². The largest absolute Gasteiger partial charge is 0.461 e. The molecule has 0 amide bonds. The number of hydrogen-bond acceptors (Lipinski definition) is 4. The van der Waals surface area contributed by atoms with Crippen LogP contribution in [0.4, 0.5) is 0 Å². The smallest absolute Gasteiger partial charge is 0.358 e. The molecule has 0 saturated carbocycles. The van der Waals surface area contributed by atoms with E-state index in [0.29, 0.717) is 6.61 Å². The fourth-order valence-electron chi connectivity index (χ4n) is 3.38. The number of fused-ring (bicyclic) bond motifs is 1. The van der Waals surface area contributed by atoms with Crippen LogP contribution in [0, 0.1) is 0 Å². The second-order valence-electron chi connectivity index (χ2n) is 6.81. The van der Waals surface area contributed by atoms with Crippen LogP contribution >= 0.6 is 0 Å². The van der Waals surface area contributed by atoms with Crippen molar-refractivity contribution in [2.75, 3.05) is 6.61 Å². The molecule has 0 spiro atoms. The van der Waals surface area contributed by atoms with Gasteiger partial charge in [-0.1, -0.05) is 42.5 Å². The summed E-state index contributed by atoms with van der Waals surface area (Å²) in [6.07, 6.45) is 5.38. The van der Waals surface area contributed by atoms with Crippen LogP contribution in [0.15, 0.2) is 55.0 Å². The average molecular weight is 366 g/mol. The van der Waals surface area contributed by atoms with Crippen molar-refractivity contribution < 1.29 is 14.6 Å². The fourth-order valence-corrected chi connectivity index (χ4v) is 3.38. The summed E-state index contributed by atoms with van der Waals surface area (Å²) < 4.78 is 6.80. The van der Waals surface area contributed by atoms with Crippen LogP contribution in [0.2, 0.25) is 0 Å². The van der Waals surface area contributed by atoms with Gasteiger partial charge in [0.25, 0.3) is 0 Å². The minimum Gasteiger partial charge on any atom is -0.461 e. The van der Waals surface area contributed by atoms with Gasteiger partial charge in [-0.2, -0.15) is 0 Å². The number of carbonyl (C=O) groups is 1. The first-order valence-corrected chi connectivity index (χ1v) is 9.45. The standard InChI is InChI=1S/C22H26N2O3/c1-3-27-22(26)20-14-24(15-23-20)21(16(2)25)10-6-7-17-11-12-18-8-4-5-9-19(18)13-17/h4-5,8-9,11-16,21,25H,3,6-7,10H2,1-2H3/t16-,21+/m0/s1. The van der Waals surface area contributed by atoms with Gasteiger partial charge < -0.3 is 14.4 Å². The number of rotatable bonds is 8. The number of aryl methyl sites for hydroxylation is 1. The number of aliphatic hydroxyl groups is 1. The Balaban J connectivity index is 1.63. The Morgan fingerprint density at radius 2 is 2.00 bits per heavy atom. The van der Waals surface area contributed by atoms with Gasteiger partial charge in [0, 0.05) is 6.20 Å². The number of esters is 1. The van der Waals surface area contributed by atoms with Gasteiger partial charge in [-0.25, -0.2) is 9.78 Å². The van der Waals surface area contributed by atoms with Crippen molar-refractivity contribution in [1.29, 1.82) is 0 Å². The Morgan fingerprint density at radius 3 is 2.74 bits per heavy atom. The van der Waals surface area contributed by atoms with E-state index < -0.39 is 12.1 Å². The van der Waals surface area contributed by atoms with Crippen molar-refractivity contribution in [3.8, 4) is 0 Å². The lowest BCUT2D eigenvalue weighted by Crippen LogP contribution is -2.20. The number of hydrogen-bond donors (Lipinski definition) is 1. The summed E-state index contributed by atoms with van der Waals surface area (Å²) >= 11 is 0. The summed E-state index contributed by atoms with van der Waals surface area (Å²) in [6, 6.07) is 14.8. The van der Waals surface area contributed by atoms with Crippen LogP contribution in [0.3, 0.4) is 0 Å². The zero-order valence-electron chi connectivity index (χ0n) is 15.8. The molecule has 3 rings (SSSR count). The van der Waals surface area contributed by atoms with E-state index in [1.54, 1.807) is 26.4 Å². The molecule has 142 valence electrons. The number of imidazole rings is 1. The number of benzene rings is 2. The number of aliphatic hydroxyl groups excluding tert-OH is 1. The molecule has 0 radical (unpaired) electrons. The van der Waals surface area contributed by atoms with Crippen molar-refractivity contribution in [3.63, 3.8) is 0 Å². The van der Waals surface area contributed by atoms with Crippen LogP contribution in [-0.2, 0) is 11.2 Å². The molecule has 0 aliphatic heterocycles. The number of ether oxygens (including phenoxy) is 1. The SMILES string of the molecule is CCOC(=O)c1cn([C@H](CCCc2ccc3ccccc3c2)[C@H](C)O)cn1. The van der Waals surface area contributed by atoms with E-state index in [0.717, 1.165) is 19.3 Å². The summed E-state index contributed by atoms with van der Waals surface area (Å²) in [5, 5.41) is 12.7. The van der Waals surface area contributed by atoms with Crippen molar-refractivity contribution >= 4 is 16.7 Å². The predicted molar refractivity (Wildman–Crippen MR) is 106 cm³/mol. The first-order chi connectivity index (χ1) is 13.1. The highest BCUT2D eigenvalue weighted by molar-refractivity contribution is 5.86. The van der Waals surface area contributed by atoms with E-state index in [-0.39, 0.29) is 11.7 Å². The monoisotopic (exact) mass is 366 g/mol.